The topological polar surface area (TPSA) is 25.8 Å². The van der Waals surface area contributed by atoms with Crippen molar-refractivity contribution in [1.29, 1.82) is 0 Å². The van der Waals surface area contributed by atoms with Gasteiger partial charge in [-0.05, 0) is 23.8 Å². The van der Waals surface area contributed by atoms with Crippen molar-refractivity contribution in [3.63, 3.8) is 0 Å². The minimum absolute atomic E-state index is 0.825. The summed E-state index contributed by atoms with van der Waals surface area (Å²) in [5, 5.41) is 2.88. The van der Waals surface area contributed by atoms with E-state index in [1.165, 1.54) is 4.88 Å². The van der Waals surface area contributed by atoms with Crippen LogP contribution in [0.25, 0.3) is 10.6 Å². The van der Waals surface area contributed by atoms with E-state index in [9.17, 15) is 0 Å². The largest absolute Gasteiger partial charge is 0.231 e. The zero-order valence-electron chi connectivity index (χ0n) is 7.10. The van der Waals surface area contributed by atoms with E-state index in [2.05, 4.69) is 21.4 Å². The summed E-state index contributed by atoms with van der Waals surface area (Å²) in [5.41, 5.74) is 1.01. The molecule has 0 aliphatic rings. The second-order valence-electron chi connectivity index (χ2n) is 2.41. The Bertz CT molecular complexity index is 384. The maximum Gasteiger partial charge on any atom is 0.187 e. The molecule has 0 bridgehead atoms. The second-order valence-corrected chi connectivity index (χ2v) is 4.13. The monoisotopic (exact) mass is 208 g/mol. The third-order valence-corrected chi connectivity index (χ3v) is 3.04. The standard InChI is InChI=1S/C9H8N2S2/c1-12-9-10-5-4-7(11-9)8-3-2-6-13-8/h2-6H,1H3. The molecular weight excluding hydrogens is 200 g/mol. The molecule has 2 rings (SSSR count). The molecule has 4 heteroatoms. The van der Waals surface area contributed by atoms with Gasteiger partial charge in [0.05, 0.1) is 10.6 Å². The Kier molecular flexibility index (Phi) is 2.61. The summed E-state index contributed by atoms with van der Waals surface area (Å²) in [5.74, 6) is 0. The van der Waals surface area contributed by atoms with Crippen molar-refractivity contribution >= 4 is 23.1 Å². The van der Waals surface area contributed by atoms with Gasteiger partial charge < -0.3 is 0 Å². The molecule has 0 fully saturated rings. The Morgan fingerprint density at radius 2 is 2.31 bits per heavy atom. The highest BCUT2D eigenvalue weighted by Gasteiger charge is 2.01. The van der Waals surface area contributed by atoms with Crippen LogP contribution in [0.15, 0.2) is 34.9 Å². The van der Waals surface area contributed by atoms with E-state index in [1.807, 2.05) is 18.4 Å². The average molecular weight is 208 g/mol. The number of thiophene rings is 1. The van der Waals surface area contributed by atoms with Gasteiger partial charge in [0, 0.05) is 6.20 Å². The SMILES string of the molecule is CSc1nccc(-c2cccs2)n1. The van der Waals surface area contributed by atoms with Crippen LogP contribution in [0.4, 0.5) is 0 Å². The molecule has 0 N–H and O–H groups in total. The third-order valence-electron chi connectivity index (χ3n) is 1.59. The molecule has 0 aliphatic carbocycles. The van der Waals surface area contributed by atoms with Gasteiger partial charge in [-0.1, -0.05) is 17.8 Å². The highest BCUT2D eigenvalue weighted by Crippen LogP contribution is 2.23. The summed E-state index contributed by atoms with van der Waals surface area (Å²) in [6.07, 6.45) is 3.78. The first-order valence-corrected chi connectivity index (χ1v) is 5.91. The van der Waals surface area contributed by atoms with Crippen LogP contribution in [0.1, 0.15) is 0 Å². The molecule has 0 saturated carbocycles. The molecule has 2 aromatic heterocycles. The van der Waals surface area contributed by atoms with Gasteiger partial charge in [-0.3, -0.25) is 0 Å². The van der Waals surface area contributed by atoms with Crippen LogP contribution in [0.3, 0.4) is 0 Å². The molecule has 0 atom stereocenters. The van der Waals surface area contributed by atoms with Gasteiger partial charge in [-0.2, -0.15) is 0 Å². The van der Waals surface area contributed by atoms with Crippen molar-refractivity contribution < 1.29 is 0 Å². The number of aromatic nitrogens is 2. The summed E-state index contributed by atoms with van der Waals surface area (Å²) in [6.45, 7) is 0. The summed E-state index contributed by atoms with van der Waals surface area (Å²) in [4.78, 5) is 9.71. The number of hydrogen-bond acceptors (Lipinski definition) is 4. The van der Waals surface area contributed by atoms with Crippen molar-refractivity contribution in [2.24, 2.45) is 0 Å². The zero-order valence-corrected chi connectivity index (χ0v) is 8.73. The Morgan fingerprint density at radius 1 is 1.38 bits per heavy atom. The Labute approximate surface area is 85.1 Å². The predicted molar refractivity (Wildman–Crippen MR) is 57.1 cm³/mol. The van der Waals surface area contributed by atoms with Crippen LogP contribution in [0, 0.1) is 0 Å². The molecule has 0 spiro atoms. The second kappa shape index (κ2) is 3.89. The summed E-state index contributed by atoms with van der Waals surface area (Å²) < 4.78 is 0. The van der Waals surface area contributed by atoms with Crippen molar-refractivity contribution in [3.05, 3.63) is 29.8 Å². The molecule has 0 aromatic carbocycles. The van der Waals surface area contributed by atoms with Crippen LogP contribution >= 0.6 is 23.1 Å². The average Bonchev–Trinajstić information content (AvgIpc) is 2.71. The quantitative estimate of drug-likeness (QED) is 0.560. The van der Waals surface area contributed by atoms with Crippen molar-refractivity contribution in [2.45, 2.75) is 5.16 Å². The van der Waals surface area contributed by atoms with Gasteiger partial charge >= 0.3 is 0 Å². The fraction of sp³-hybridized carbons (Fsp3) is 0.111. The molecule has 2 heterocycles. The fourth-order valence-corrected chi connectivity index (χ4v) is 2.05. The molecular formula is C9H8N2S2. The van der Waals surface area contributed by atoms with Crippen LogP contribution in [-0.2, 0) is 0 Å². The van der Waals surface area contributed by atoms with E-state index >= 15 is 0 Å². The van der Waals surface area contributed by atoms with E-state index in [4.69, 9.17) is 0 Å². The van der Waals surface area contributed by atoms with Gasteiger partial charge in [-0.25, -0.2) is 9.97 Å². The molecule has 0 saturated heterocycles. The molecule has 2 nitrogen and oxygen atoms in total. The summed E-state index contributed by atoms with van der Waals surface area (Å²) >= 11 is 3.26. The van der Waals surface area contributed by atoms with Crippen LogP contribution < -0.4 is 0 Å². The number of thioether (sulfide) groups is 1. The van der Waals surface area contributed by atoms with Gasteiger partial charge in [0.15, 0.2) is 5.16 Å². The molecule has 0 unspecified atom stereocenters. The highest BCUT2D eigenvalue weighted by molar-refractivity contribution is 7.98. The Hall–Kier alpha value is -0.870. The maximum atomic E-state index is 4.40. The van der Waals surface area contributed by atoms with Crippen LogP contribution in [-0.4, -0.2) is 16.2 Å². The van der Waals surface area contributed by atoms with Crippen molar-refractivity contribution in [1.82, 2.24) is 9.97 Å². The molecule has 2 aromatic rings. The predicted octanol–water partition coefficient (Wildman–Crippen LogP) is 2.93. The third kappa shape index (κ3) is 1.89. The first-order valence-electron chi connectivity index (χ1n) is 3.81. The Morgan fingerprint density at radius 3 is 3.00 bits per heavy atom. The number of hydrogen-bond donors (Lipinski definition) is 0. The van der Waals surface area contributed by atoms with Gasteiger partial charge in [-0.15, -0.1) is 11.3 Å². The van der Waals surface area contributed by atoms with E-state index in [0.717, 1.165) is 10.9 Å². The fourth-order valence-electron chi connectivity index (χ4n) is 1.00. The molecule has 66 valence electrons. The number of nitrogens with zero attached hydrogens (tertiary/aromatic N) is 2. The normalized spacial score (nSPS) is 10.2. The van der Waals surface area contributed by atoms with Crippen molar-refractivity contribution in [3.8, 4) is 10.6 Å². The van der Waals surface area contributed by atoms with E-state index in [1.54, 1.807) is 29.3 Å². The lowest BCUT2D eigenvalue weighted by Crippen LogP contribution is -1.86. The van der Waals surface area contributed by atoms with E-state index in [0.29, 0.717) is 0 Å². The molecule has 0 aliphatic heterocycles. The lowest BCUT2D eigenvalue weighted by Gasteiger charge is -1.97. The minimum Gasteiger partial charge on any atom is -0.231 e. The van der Waals surface area contributed by atoms with E-state index < -0.39 is 0 Å². The molecule has 0 amide bonds. The number of rotatable bonds is 2. The zero-order chi connectivity index (χ0) is 9.10. The van der Waals surface area contributed by atoms with Crippen molar-refractivity contribution in [2.75, 3.05) is 6.26 Å². The minimum atomic E-state index is 0.825. The van der Waals surface area contributed by atoms with E-state index in [-0.39, 0.29) is 0 Å². The molecule has 0 radical (unpaired) electrons. The lowest BCUT2D eigenvalue weighted by molar-refractivity contribution is 0.978. The van der Waals surface area contributed by atoms with Gasteiger partial charge in [0.2, 0.25) is 0 Å². The van der Waals surface area contributed by atoms with Gasteiger partial charge in [0.1, 0.15) is 0 Å². The summed E-state index contributed by atoms with van der Waals surface area (Å²) in [6, 6.07) is 6.03. The Balaban J connectivity index is 2.41. The first-order chi connectivity index (χ1) is 6.40. The maximum absolute atomic E-state index is 4.40. The molecule has 13 heavy (non-hydrogen) atoms. The van der Waals surface area contributed by atoms with Gasteiger partial charge in [0.25, 0.3) is 0 Å². The summed E-state index contributed by atoms with van der Waals surface area (Å²) in [7, 11) is 0. The lowest BCUT2D eigenvalue weighted by atomic mass is 10.3. The first kappa shape index (κ1) is 8.72. The van der Waals surface area contributed by atoms with Crippen LogP contribution in [0.2, 0.25) is 0 Å². The highest BCUT2D eigenvalue weighted by atomic mass is 32.2. The smallest absolute Gasteiger partial charge is 0.187 e. The van der Waals surface area contributed by atoms with Crippen LogP contribution in [0.5, 0.6) is 0 Å².